The van der Waals surface area contributed by atoms with E-state index in [1.165, 1.54) is 0 Å². The third-order valence-electron chi connectivity index (χ3n) is 6.01. The lowest BCUT2D eigenvalue weighted by molar-refractivity contribution is -0.147. The molecule has 34 heavy (non-hydrogen) atoms. The molecule has 1 aliphatic rings. The van der Waals surface area contributed by atoms with Gasteiger partial charge in [-0.05, 0) is 71.4 Å². The Labute approximate surface area is 209 Å². The van der Waals surface area contributed by atoms with Crippen LogP contribution in [0.1, 0.15) is 83.9 Å². The minimum Gasteiger partial charge on any atom is -0.444 e. The number of ether oxygens (including phenoxy) is 1. The lowest BCUT2D eigenvalue weighted by Gasteiger charge is -2.44. The molecule has 3 amide bonds. The van der Waals surface area contributed by atoms with Gasteiger partial charge in [-0.2, -0.15) is 12.6 Å². The highest BCUT2D eigenvalue weighted by molar-refractivity contribution is 7.80. The van der Waals surface area contributed by atoms with Crippen LogP contribution < -0.4 is 10.6 Å². The molecule has 0 spiro atoms. The number of alkyl carbamates (subject to hydrolysis) is 1. The monoisotopic (exact) mass is 491 g/mol. The highest BCUT2D eigenvalue weighted by atomic mass is 32.1. The molecule has 2 rings (SSSR count). The van der Waals surface area contributed by atoms with Crippen molar-refractivity contribution in [1.29, 1.82) is 0 Å². The Bertz CT molecular complexity index is 851. The van der Waals surface area contributed by atoms with Crippen LogP contribution in [0.15, 0.2) is 24.3 Å². The number of amides is 3. The van der Waals surface area contributed by atoms with Gasteiger partial charge in [0.15, 0.2) is 0 Å². The van der Waals surface area contributed by atoms with Crippen molar-refractivity contribution >= 4 is 30.5 Å². The quantitative estimate of drug-likeness (QED) is 0.419. The number of thiol groups is 1. The number of rotatable bonds is 10. The molecular weight excluding hydrogens is 450 g/mol. The minimum absolute atomic E-state index is 0.0112. The van der Waals surface area contributed by atoms with Crippen molar-refractivity contribution < 1.29 is 19.1 Å². The second-order valence-electron chi connectivity index (χ2n) is 10.2. The summed E-state index contributed by atoms with van der Waals surface area (Å²) >= 11 is 4.34. The number of nitrogens with zero attached hydrogens (tertiary/aromatic N) is 1. The van der Waals surface area contributed by atoms with Crippen LogP contribution in [0.2, 0.25) is 0 Å². The van der Waals surface area contributed by atoms with Gasteiger partial charge in [0.2, 0.25) is 11.8 Å². The summed E-state index contributed by atoms with van der Waals surface area (Å²) < 4.78 is 5.36. The molecule has 1 saturated carbocycles. The molecule has 3 atom stereocenters. The Morgan fingerprint density at radius 1 is 1.18 bits per heavy atom. The first-order valence-electron chi connectivity index (χ1n) is 12.3. The number of carbonyl (C=O) groups is 3. The maximum absolute atomic E-state index is 13.9. The molecule has 0 aliphatic heterocycles. The van der Waals surface area contributed by atoms with E-state index < -0.39 is 23.8 Å². The molecule has 1 aliphatic carbocycles. The summed E-state index contributed by atoms with van der Waals surface area (Å²) in [5, 5.41) is 5.78. The fourth-order valence-corrected chi connectivity index (χ4v) is 4.38. The largest absolute Gasteiger partial charge is 0.444 e. The van der Waals surface area contributed by atoms with Crippen molar-refractivity contribution in [2.45, 2.75) is 103 Å². The summed E-state index contributed by atoms with van der Waals surface area (Å²) in [5.41, 5.74) is 1.03. The smallest absolute Gasteiger partial charge is 0.408 e. The van der Waals surface area contributed by atoms with Gasteiger partial charge in [-0.3, -0.25) is 9.59 Å². The van der Waals surface area contributed by atoms with E-state index in [-0.39, 0.29) is 29.7 Å². The fourth-order valence-electron chi connectivity index (χ4n) is 4.14. The highest BCUT2D eigenvalue weighted by Crippen LogP contribution is 2.35. The normalized spacial score (nSPS) is 16.6. The van der Waals surface area contributed by atoms with Gasteiger partial charge in [-0.15, -0.1) is 0 Å². The van der Waals surface area contributed by atoms with E-state index in [2.05, 4.69) is 30.2 Å². The van der Waals surface area contributed by atoms with Gasteiger partial charge in [-0.1, -0.05) is 37.6 Å². The van der Waals surface area contributed by atoms with Crippen LogP contribution in [0.25, 0.3) is 0 Å². The van der Waals surface area contributed by atoms with Crippen LogP contribution in [0, 0.1) is 6.92 Å². The number of hydrogen-bond donors (Lipinski definition) is 3. The zero-order chi connectivity index (χ0) is 25.5. The van der Waals surface area contributed by atoms with Crippen LogP contribution >= 0.6 is 12.6 Å². The topological polar surface area (TPSA) is 87.7 Å². The van der Waals surface area contributed by atoms with Gasteiger partial charge in [0.05, 0.1) is 0 Å². The third kappa shape index (κ3) is 7.65. The Kier molecular flexibility index (Phi) is 10.3. The van der Waals surface area contributed by atoms with Crippen molar-refractivity contribution in [3.05, 3.63) is 35.4 Å². The third-order valence-corrected chi connectivity index (χ3v) is 6.38. The molecule has 0 saturated heterocycles. The second-order valence-corrected chi connectivity index (χ2v) is 10.5. The lowest BCUT2D eigenvalue weighted by atomic mass is 9.87. The standard InChI is InChI=1S/C26H41N3O4S/c1-7-11-18(3)27-23(30)22(20-15-9-8-12-17(20)2)29(19-13-10-14-19)24(31)21(16-34)28-25(32)33-26(4,5)6/h8-9,12,15,18-19,21-22,34H,7,10-11,13-14,16H2,1-6H3,(H,27,30)(H,28,32). The number of carbonyl (C=O) groups excluding carboxylic acids is 3. The van der Waals surface area contributed by atoms with Crippen molar-refractivity contribution in [2.75, 3.05) is 5.75 Å². The number of nitrogens with one attached hydrogen (secondary N) is 2. The van der Waals surface area contributed by atoms with Gasteiger partial charge in [0, 0.05) is 17.8 Å². The van der Waals surface area contributed by atoms with Crippen molar-refractivity contribution in [3.63, 3.8) is 0 Å². The lowest BCUT2D eigenvalue weighted by Crippen LogP contribution is -2.58. The summed E-state index contributed by atoms with van der Waals surface area (Å²) in [6.45, 7) is 11.3. The second kappa shape index (κ2) is 12.5. The molecule has 7 nitrogen and oxygen atoms in total. The summed E-state index contributed by atoms with van der Waals surface area (Å²) in [7, 11) is 0. The first kappa shape index (κ1) is 28.0. The van der Waals surface area contributed by atoms with E-state index in [9.17, 15) is 14.4 Å². The van der Waals surface area contributed by atoms with Crippen LogP contribution in [-0.4, -0.2) is 52.3 Å². The molecule has 8 heteroatoms. The molecule has 1 fully saturated rings. The van der Waals surface area contributed by atoms with Crippen LogP contribution in [0.5, 0.6) is 0 Å². The number of hydrogen-bond acceptors (Lipinski definition) is 5. The summed E-state index contributed by atoms with van der Waals surface area (Å²) in [6.07, 6.45) is 3.75. The highest BCUT2D eigenvalue weighted by Gasteiger charge is 2.42. The SMILES string of the molecule is CCCC(C)NC(=O)C(c1ccccc1C)N(C(=O)C(CS)NC(=O)OC(C)(C)C)C1CCC1. The van der Waals surface area contributed by atoms with Gasteiger partial charge in [0.25, 0.3) is 0 Å². The average molecular weight is 492 g/mol. The molecular formula is C26H41N3O4S. The molecule has 3 unspecified atom stereocenters. The van der Waals surface area contributed by atoms with Gasteiger partial charge >= 0.3 is 6.09 Å². The van der Waals surface area contributed by atoms with E-state index in [1.807, 2.05) is 38.1 Å². The molecule has 0 radical (unpaired) electrons. The van der Waals surface area contributed by atoms with Crippen molar-refractivity contribution in [1.82, 2.24) is 15.5 Å². The Morgan fingerprint density at radius 3 is 2.32 bits per heavy atom. The molecule has 0 bridgehead atoms. The maximum Gasteiger partial charge on any atom is 0.408 e. The molecule has 1 aromatic carbocycles. The van der Waals surface area contributed by atoms with E-state index in [1.54, 1.807) is 25.7 Å². The van der Waals surface area contributed by atoms with Crippen molar-refractivity contribution in [2.24, 2.45) is 0 Å². The average Bonchev–Trinajstić information content (AvgIpc) is 2.69. The van der Waals surface area contributed by atoms with Gasteiger partial charge in [0.1, 0.15) is 17.7 Å². The van der Waals surface area contributed by atoms with Crippen LogP contribution in [0.4, 0.5) is 4.79 Å². The Hall–Kier alpha value is -2.22. The Morgan fingerprint density at radius 2 is 1.82 bits per heavy atom. The summed E-state index contributed by atoms with van der Waals surface area (Å²) in [6, 6.07) is 5.87. The molecule has 0 aromatic heterocycles. The maximum atomic E-state index is 13.9. The van der Waals surface area contributed by atoms with E-state index in [0.717, 1.165) is 43.2 Å². The zero-order valence-electron chi connectivity index (χ0n) is 21.4. The predicted octanol–water partition coefficient (Wildman–Crippen LogP) is 4.55. The first-order valence-corrected chi connectivity index (χ1v) is 12.9. The van der Waals surface area contributed by atoms with E-state index >= 15 is 0 Å². The zero-order valence-corrected chi connectivity index (χ0v) is 22.3. The fraction of sp³-hybridized carbons (Fsp3) is 0.654. The minimum atomic E-state index is -0.911. The molecule has 190 valence electrons. The summed E-state index contributed by atoms with van der Waals surface area (Å²) in [4.78, 5) is 41.6. The molecule has 1 aromatic rings. The van der Waals surface area contributed by atoms with E-state index in [4.69, 9.17) is 4.74 Å². The summed E-state index contributed by atoms with van der Waals surface area (Å²) in [5.74, 6) is -0.432. The van der Waals surface area contributed by atoms with Crippen molar-refractivity contribution in [3.8, 4) is 0 Å². The number of benzene rings is 1. The van der Waals surface area contributed by atoms with Crippen LogP contribution in [0.3, 0.4) is 0 Å². The molecule has 2 N–H and O–H groups in total. The Balaban J connectivity index is 2.42. The first-order chi connectivity index (χ1) is 16.0. The van der Waals surface area contributed by atoms with E-state index in [0.29, 0.717) is 0 Å². The van der Waals surface area contributed by atoms with Gasteiger partial charge in [-0.25, -0.2) is 4.79 Å². The number of aryl methyl sites for hydroxylation is 1. The predicted molar refractivity (Wildman–Crippen MR) is 138 cm³/mol. The molecule has 0 heterocycles. The van der Waals surface area contributed by atoms with Crippen LogP contribution in [-0.2, 0) is 14.3 Å². The van der Waals surface area contributed by atoms with Gasteiger partial charge < -0.3 is 20.3 Å².